The first-order valence-corrected chi connectivity index (χ1v) is 8.17. The molecule has 0 aliphatic carbocycles. The van der Waals surface area contributed by atoms with Crippen molar-refractivity contribution in [2.45, 2.75) is 33.1 Å². The van der Waals surface area contributed by atoms with E-state index >= 15 is 0 Å². The van der Waals surface area contributed by atoms with Gasteiger partial charge in [-0.2, -0.15) is 4.98 Å². The minimum Gasteiger partial charge on any atom is -0.465 e. The molecule has 0 aliphatic rings. The topological polar surface area (TPSA) is 76.1 Å². The number of unbranched alkanes of at least 4 members (excludes halogenated alkanes) is 2. The van der Waals surface area contributed by atoms with E-state index in [9.17, 15) is 4.79 Å². The Morgan fingerprint density at radius 1 is 1.17 bits per heavy atom. The summed E-state index contributed by atoms with van der Waals surface area (Å²) in [4.78, 5) is 20.3. The molecule has 0 atom stereocenters. The van der Waals surface area contributed by atoms with Crippen LogP contribution in [0, 0.1) is 6.92 Å². The van der Waals surface area contributed by atoms with E-state index in [-0.39, 0.29) is 5.97 Å². The first-order chi connectivity index (χ1) is 11.6. The Hall–Kier alpha value is -2.63. The van der Waals surface area contributed by atoms with E-state index in [0.29, 0.717) is 11.5 Å². The Bertz CT molecular complexity index is 671. The molecule has 0 amide bonds. The first kappa shape index (κ1) is 17.7. The highest BCUT2D eigenvalue weighted by Gasteiger charge is 2.06. The summed E-state index contributed by atoms with van der Waals surface area (Å²) >= 11 is 0. The zero-order valence-corrected chi connectivity index (χ0v) is 14.4. The third-order valence-electron chi connectivity index (χ3n) is 3.50. The molecule has 2 aromatic rings. The summed E-state index contributed by atoms with van der Waals surface area (Å²) in [6.07, 6.45) is 3.52. The molecule has 1 heterocycles. The lowest BCUT2D eigenvalue weighted by Gasteiger charge is -2.10. The second kappa shape index (κ2) is 8.86. The Morgan fingerprint density at radius 2 is 1.92 bits per heavy atom. The fraction of sp³-hybridized carbons (Fsp3) is 0.389. The lowest BCUT2D eigenvalue weighted by Crippen LogP contribution is -2.07. The Balaban J connectivity index is 2.03. The molecule has 2 N–H and O–H groups in total. The SMILES string of the molecule is CCCCCNc1cc(C)nc(Nc2ccc(C(=O)OC)cc2)n1. The lowest BCUT2D eigenvalue weighted by molar-refractivity contribution is 0.0601. The van der Waals surface area contributed by atoms with Gasteiger partial charge in [-0.1, -0.05) is 19.8 Å². The molecule has 1 aromatic heterocycles. The maximum Gasteiger partial charge on any atom is 0.337 e. The number of anilines is 3. The van der Waals surface area contributed by atoms with Crippen molar-refractivity contribution in [1.82, 2.24) is 9.97 Å². The van der Waals surface area contributed by atoms with E-state index in [0.717, 1.165) is 30.2 Å². The van der Waals surface area contributed by atoms with Crippen LogP contribution in [0.25, 0.3) is 0 Å². The molecule has 6 nitrogen and oxygen atoms in total. The van der Waals surface area contributed by atoms with Crippen molar-refractivity contribution in [1.29, 1.82) is 0 Å². The smallest absolute Gasteiger partial charge is 0.337 e. The molecule has 0 spiro atoms. The molecule has 128 valence electrons. The number of nitrogens with zero attached hydrogens (tertiary/aromatic N) is 2. The number of aryl methyl sites for hydroxylation is 1. The average Bonchev–Trinajstić information content (AvgIpc) is 2.58. The third-order valence-corrected chi connectivity index (χ3v) is 3.50. The van der Waals surface area contributed by atoms with E-state index in [4.69, 9.17) is 0 Å². The van der Waals surface area contributed by atoms with Crippen LogP contribution in [0.3, 0.4) is 0 Å². The number of carbonyl (C=O) groups excluding carboxylic acids is 1. The van der Waals surface area contributed by atoms with E-state index in [1.165, 1.54) is 20.0 Å². The van der Waals surface area contributed by atoms with Crippen molar-refractivity contribution in [2.75, 3.05) is 24.3 Å². The Labute approximate surface area is 142 Å². The number of hydrogen-bond acceptors (Lipinski definition) is 6. The highest BCUT2D eigenvalue weighted by molar-refractivity contribution is 5.89. The molecule has 0 unspecified atom stereocenters. The van der Waals surface area contributed by atoms with Crippen LogP contribution >= 0.6 is 0 Å². The van der Waals surface area contributed by atoms with Crippen LogP contribution in [-0.4, -0.2) is 29.6 Å². The number of esters is 1. The predicted molar refractivity (Wildman–Crippen MR) is 95.8 cm³/mol. The van der Waals surface area contributed by atoms with Crippen molar-refractivity contribution >= 4 is 23.4 Å². The van der Waals surface area contributed by atoms with E-state index < -0.39 is 0 Å². The minimum atomic E-state index is -0.355. The molecule has 0 saturated heterocycles. The normalized spacial score (nSPS) is 10.3. The molecular formula is C18H24N4O2. The number of hydrogen-bond donors (Lipinski definition) is 2. The van der Waals surface area contributed by atoms with Crippen molar-refractivity contribution in [3.63, 3.8) is 0 Å². The molecular weight excluding hydrogens is 304 g/mol. The zero-order valence-electron chi connectivity index (χ0n) is 14.4. The Kier molecular flexibility index (Phi) is 6.54. The summed E-state index contributed by atoms with van der Waals surface area (Å²) in [7, 11) is 1.37. The third kappa shape index (κ3) is 5.22. The number of aromatic nitrogens is 2. The number of benzene rings is 1. The van der Waals surface area contributed by atoms with Crippen molar-refractivity contribution in [3.05, 3.63) is 41.6 Å². The van der Waals surface area contributed by atoms with Crippen molar-refractivity contribution < 1.29 is 9.53 Å². The maximum absolute atomic E-state index is 11.4. The van der Waals surface area contributed by atoms with Crippen LogP contribution in [0.2, 0.25) is 0 Å². The van der Waals surface area contributed by atoms with Gasteiger partial charge in [-0.05, 0) is 37.6 Å². The fourth-order valence-electron chi connectivity index (χ4n) is 2.24. The summed E-state index contributed by atoms with van der Waals surface area (Å²) in [5.74, 6) is 0.984. The summed E-state index contributed by atoms with van der Waals surface area (Å²) in [5.41, 5.74) is 2.20. The monoisotopic (exact) mass is 328 g/mol. The lowest BCUT2D eigenvalue weighted by atomic mass is 10.2. The molecule has 0 fully saturated rings. The number of rotatable bonds is 8. The molecule has 1 aromatic carbocycles. The molecule has 2 rings (SSSR count). The van der Waals surface area contributed by atoms with Crippen molar-refractivity contribution in [2.24, 2.45) is 0 Å². The van der Waals surface area contributed by atoms with Gasteiger partial charge in [0.05, 0.1) is 12.7 Å². The largest absolute Gasteiger partial charge is 0.465 e. The van der Waals surface area contributed by atoms with Gasteiger partial charge in [-0.25, -0.2) is 9.78 Å². The molecule has 6 heteroatoms. The number of methoxy groups -OCH3 is 1. The van der Waals surface area contributed by atoms with E-state index in [1.807, 2.05) is 13.0 Å². The van der Waals surface area contributed by atoms with E-state index in [2.05, 4.69) is 32.3 Å². The quantitative estimate of drug-likeness (QED) is 0.565. The molecule has 0 radical (unpaired) electrons. The molecule has 0 aliphatic heterocycles. The van der Waals surface area contributed by atoms with Crippen LogP contribution in [0.5, 0.6) is 0 Å². The van der Waals surface area contributed by atoms with Gasteiger partial charge in [0, 0.05) is 24.0 Å². The Morgan fingerprint density at radius 3 is 2.58 bits per heavy atom. The van der Waals surface area contributed by atoms with Gasteiger partial charge in [-0.15, -0.1) is 0 Å². The average molecular weight is 328 g/mol. The molecule has 0 saturated carbocycles. The number of nitrogens with one attached hydrogen (secondary N) is 2. The van der Waals surface area contributed by atoms with Crippen LogP contribution in [0.1, 0.15) is 42.2 Å². The fourth-order valence-corrected chi connectivity index (χ4v) is 2.24. The summed E-state index contributed by atoms with van der Waals surface area (Å²) in [5, 5.41) is 6.48. The maximum atomic E-state index is 11.4. The second-order valence-corrected chi connectivity index (χ2v) is 5.55. The van der Waals surface area contributed by atoms with Crippen LogP contribution in [0.4, 0.5) is 17.5 Å². The summed E-state index contributed by atoms with van der Waals surface area (Å²) in [6.45, 7) is 5.02. The van der Waals surface area contributed by atoms with E-state index in [1.54, 1.807) is 24.3 Å². The molecule has 0 bridgehead atoms. The highest BCUT2D eigenvalue weighted by Crippen LogP contribution is 2.17. The van der Waals surface area contributed by atoms with Gasteiger partial charge in [0.25, 0.3) is 0 Å². The zero-order chi connectivity index (χ0) is 17.4. The number of carbonyl (C=O) groups is 1. The van der Waals surface area contributed by atoms with Gasteiger partial charge >= 0.3 is 5.97 Å². The second-order valence-electron chi connectivity index (χ2n) is 5.55. The molecule has 24 heavy (non-hydrogen) atoms. The summed E-state index contributed by atoms with van der Waals surface area (Å²) < 4.78 is 4.69. The van der Waals surface area contributed by atoms with Gasteiger partial charge in [-0.3, -0.25) is 0 Å². The van der Waals surface area contributed by atoms with Gasteiger partial charge < -0.3 is 15.4 Å². The van der Waals surface area contributed by atoms with Crippen LogP contribution < -0.4 is 10.6 Å². The first-order valence-electron chi connectivity index (χ1n) is 8.17. The van der Waals surface area contributed by atoms with Gasteiger partial charge in [0.15, 0.2) is 0 Å². The van der Waals surface area contributed by atoms with Gasteiger partial charge in [0.1, 0.15) is 5.82 Å². The van der Waals surface area contributed by atoms with Crippen LogP contribution in [-0.2, 0) is 4.74 Å². The summed E-state index contributed by atoms with van der Waals surface area (Å²) in [6, 6.07) is 8.93. The minimum absolute atomic E-state index is 0.355. The van der Waals surface area contributed by atoms with Crippen LogP contribution in [0.15, 0.2) is 30.3 Å². The standard InChI is InChI=1S/C18H24N4O2/c1-4-5-6-11-19-16-12-13(2)20-18(22-16)21-15-9-7-14(8-10-15)17(23)24-3/h7-10,12H,4-6,11H2,1-3H3,(H2,19,20,21,22). The highest BCUT2D eigenvalue weighted by atomic mass is 16.5. The van der Waals surface area contributed by atoms with Crippen molar-refractivity contribution in [3.8, 4) is 0 Å². The van der Waals surface area contributed by atoms with Gasteiger partial charge in [0.2, 0.25) is 5.95 Å². The predicted octanol–water partition coefficient (Wildman–Crippen LogP) is 3.92. The number of ether oxygens (including phenoxy) is 1.